The van der Waals surface area contributed by atoms with Crippen LogP contribution >= 0.6 is 0 Å². The van der Waals surface area contributed by atoms with Crippen LogP contribution in [-0.2, 0) is 6.42 Å². The molecule has 16 heavy (non-hydrogen) atoms. The molecule has 2 N–H and O–H groups in total. The molecule has 90 valence electrons. The lowest BCUT2D eigenvalue weighted by molar-refractivity contribution is 0.182. The summed E-state index contributed by atoms with van der Waals surface area (Å²) in [5.74, 6) is 0.0829. The minimum atomic E-state index is -0.294. The van der Waals surface area contributed by atoms with E-state index in [1.807, 2.05) is 19.9 Å². The van der Waals surface area contributed by atoms with Crippen LogP contribution in [0.25, 0.3) is 0 Å². The number of rotatable bonds is 6. The number of halogens is 1. The molecule has 0 bridgehead atoms. The molecule has 0 aliphatic carbocycles. The Labute approximate surface area is 96.6 Å². The molecule has 0 amide bonds. The van der Waals surface area contributed by atoms with E-state index in [9.17, 15) is 4.39 Å². The van der Waals surface area contributed by atoms with Crippen LogP contribution in [0.1, 0.15) is 32.3 Å². The number of hydrogen-bond donors (Lipinski definition) is 1. The number of nitrogens with two attached hydrogens (primary N) is 1. The van der Waals surface area contributed by atoms with E-state index >= 15 is 0 Å². The second-order valence-electron chi connectivity index (χ2n) is 3.82. The van der Waals surface area contributed by atoms with Gasteiger partial charge in [-0.05, 0) is 37.4 Å². The van der Waals surface area contributed by atoms with E-state index < -0.39 is 0 Å². The SMILES string of the molecule is CCC(CC)Oc1c(F)cccc1CCN. The predicted octanol–water partition coefficient (Wildman–Crippen LogP) is 2.89. The molecule has 0 radical (unpaired) electrons. The number of benzene rings is 1. The van der Waals surface area contributed by atoms with Gasteiger partial charge in [0, 0.05) is 0 Å². The van der Waals surface area contributed by atoms with Crippen molar-refractivity contribution in [3.63, 3.8) is 0 Å². The molecule has 0 aliphatic rings. The fourth-order valence-corrected chi connectivity index (χ4v) is 1.66. The number of ether oxygens (including phenoxy) is 1. The van der Waals surface area contributed by atoms with Crippen molar-refractivity contribution in [3.05, 3.63) is 29.6 Å². The third-order valence-electron chi connectivity index (χ3n) is 2.66. The van der Waals surface area contributed by atoms with Crippen LogP contribution in [0.2, 0.25) is 0 Å². The molecule has 2 nitrogen and oxygen atoms in total. The maximum Gasteiger partial charge on any atom is 0.165 e. The Hall–Kier alpha value is -1.09. The molecular formula is C13H20FNO. The van der Waals surface area contributed by atoms with Crippen molar-refractivity contribution in [1.82, 2.24) is 0 Å². The predicted molar refractivity (Wildman–Crippen MR) is 64.2 cm³/mol. The molecule has 0 atom stereocenters. The van der Waals surface area contributed by atoms with Crippen molar-refractivity contribution in [3.8, 4) is 5.75 Å². The highest BCUT2D eigenvalue weighted by molar-refractivity contribution is 5.35. The first kappa shape index (κ1) is 13.0. The van der Waals surface area contributed by atoms with Gasteiger partial charge in [-0.2, -0.15) is 0 Å². The Balaban J connectivity index is 2.91. The average Bonchev–Trinajstić information content (AvgIpc) is 2.29. The Morgan fingerprint density at radius 1 is 1.31 bits per heavy atom. The van der Waals surface area contributed by atoms with E-state index in [-0.39, 0.29) is 11.9 Å². The summed E-state index contributed by atoms with van der Waals surface area (Å²) in [6, 6.07) is 4.99. The van der Waals surface area contributed by atoms with E-state index in [1.54, 1.807) is 6.07 Å². The Bertz CT molecular complexity index is 324. The van der Waals surface area contributed by atoms with E-state index in [4.69, 9.17) is 10.5 Å². The van der Waals surface area contributed by atoms with Gasteiger partial charge in [-0.25, -0.2) is 4.39 Å². The minimum absolute atomic E-state index is 0.0772. The zero-order chi connectivity index (χ0) is 12.0. The number of para-hydroxylation sites is 1. The molecule has 0 spiro atoms. The van der Waals surface area contributed by atoms with E-state index in [1.165, 1.54) is 6.07 Å². The van der Waals surface area contributed by atoms with Crippen molar-refractivity contribution in [2.24, 2.45) is 5.73 Å². The van der Waals surface area contributed by atoms with Gasteiger partial charge in [-0.3, -0.25) is 0 Å². The topological polar surface area (TPSA) is 35.2 Å². The van der Waals surface area contributed by atoms with Gasteiger partial charge in [0.25, 0.3) is 0 Å². The normalized spacial score (nSPS) is 10.8. The molecule has 1 aromatic carbocycles. The molecule has 0 aromatic heterocycles. The molecule has 3 heteroatoms. The maximum absolute atomic E-state index is 13.6. The molecule has 1 rings (SSSR count). The molecule has 0 unspecified atom stereocenters. The first-order valence-electron chi connectivity index (χ1n) is 5.87. The largest absolute Gasteiger partial charge is 0.487 e. The van der Waals surface area contributed by atoms with Crippen LogP contribution in [0.5, 0.6) is 5.75 Å². The van der Waals surface area contributed by atoms with Crippen LogP contribution < -0.4 is 10.5 Å². The van der Waals surface area contributed by atoms with Gasteiger partial charge in [-0.1, -0.05) is 26.0 Å². The van der Waals surface area contributed by atoms with Crippen molar-refractivity contribution in [2.75, 3.05) is 6.54 Å². The van der Waals surface area contributed by atoms with Gasteiger partial charge in [0.15, 0.2) is 11.6 Å². The summed E-state index contributed by atoms with van der Waals surface area (Å²) in [7, 11) is 0. The third-order valence-corrected chi connectivity index (χ3v) is 2.66. The van der Waals surface area contributed by atoms with Crippen molar-refractivity contribution in [1.29, 1.82) is 0 Å². The Morgan fingerprint density at radius 3 is 2.56 bits per heavy atom. The lowest BCUT2D eigenvalue weighted by atomic mass is 10.1. The molecule has 0 fully saturated rings. The van der Waals surface area contributed by atoms with Crippen LogP contribution in [0.3, 0.4) is 0 Å². The molecule has 0 aliphatic heterocycles. The van der Waals surface area contributed by atoms with Crippen LogP contribution in [0, 0.1) is 5.82 Å². The molecule has 1 aromatic rings. The molecule has 0 heterocycles. The summed E-state index contributed by atoms with van der Waals surface area (Å²) in [4.78, 5) is 0. The summed E-state index contributed by atoms with van der Waals surface area (Å²) < 4.78 is 19.3. The summed E-state index contributed by atoms with van der Waals surface area (Å²) in [6.45, 7) is 4.58. The van der Waals surface area contributed by atoms with Gasteiger partial charge < -0.3 is 10.5 Å². The summed E-state index contributed by atoms with van der Waals surface area (Å²) in [5.41, 5.74) is 6.35. The fourth-order valence-electron chi connectivity index (χ4n) is 1.66. The fraction of sp³-hybridized carbons (Fsp3) is 0.538. The van der Waals surface area contributed by atoms with Gasteiger partial charge in [0.1, 0.15) is 0 Å². The monoisotopic (exact) mass is 225 g/mol. The lowest BCUT2D eigenvalue weighted by Crippen LogP contribution is -2.16. The first-order valence-corrected chi connectivity index (χ1v) is 5.87. The van der Waals surface area contributed by atoms with Crippen molar-refractivity contribution < 1.29 is 9.13 Å². The van der Waals surface area contributed by atoms with Gasteiger partial charge in [0.2, 0.25) is 0 Å². The van der Waals surface area contributed by atoms with Crippen LogP contribution in [0.4, 0.5) is 4.39 Å². The van der Waals surface area contributed by atoms with Crippen molar-refractivity contribution >= 4 is 0 Å². The van der Waals surface area contributed by atoms with Crippen LogP contribution in [-0.4, -0.2) is 12.6 Å². The summed E-state index contributed by atoms with van der Waals surface area (Å²) in [6.07, 6.45) is 2.49. The Morgan fingerprint density at radius 2 is 2.00 bits per heavy atom. The van der Waals surface area contributed by atoms with E-state index in [0.29, 0.717) is 18.7 Å². The quantitative estimate of drug-likeness (QED) is 0.808. The highest BCUT2D eigenvalue weighted by Crippen LogP contribution is 2.25. The second kappa shape index (κ2) is 6.48. The molecular weight excluding hydrogens is 205 g/mol. The smallest absolute Gasteiger partial charge is 0.165 e. The van der Waals surface area contributed by atoms with E-state index in [2.05, 4.69) is 0 Å². The van der Waals surface area contributed by atoms with E-state index in [0.717, 1.165) is 18.4 Å². The second-order valence-corrected chi connectivity index (χ2v) is 3.82. The summed E-state index contributed by atoms with van der Waals surface area (Å²) in [5, 5.41) is 0. The third kappa shape index (κ3) is 3.20. The van der Waals surface area contributed by atoms with Gasteiger partial charge >= 0.3 is 0 Å². The maximum atomic E-state index is 13.6. The van der Waals surface area contributed by atoms with Gasteiger partial charge in [-0.15, -0.1) is 0 Å². The van der Waals surface area contributed by atoms with Crippen molar-refractivity contribution in [2.45, 2.75) is 39.2 Å². The summed E-state index contributed by atoms with van der Waals surface area (Å²) >= 11 is 0. The van der Waals surface area contributed by atoms with Gasteiger partial charge in [0.05, 0.1) is 6.10 Å². The molecule has 0 saturated carbocycles. The first-order chi connectivity index (χ1) is 7.72. The zero-order valence-electron chi connectivity index (χ0n) is 10.0. The standard InChI is InChI=1S/C13H20FNO/c1-3-11(4-2)16-13-10(8-9-15)6-5-7-12(13)14/h5-7,11H,3-4,8-9,15H2,1-2H3. The Kier molecular flexibility index (Phi) is 5.26. The highest BCUT2D eigenvalue weighted by Gasteiger charge is 2.13. The number of hydrogen-bond acceptors (Lipinski definition) is 2. The highest BCUT2D eigenvalue weighted by atomic mass is 19.1. The minimum Gasteiger partial charge on any atom is -0.487 e. The lowest BCUT2D eigenvalue weighted by Gasteiger charge is -2.18. The zero-order valence-corrected chi connectivity index (χ0v) is 10.0. The van der Waals surface area contributed by atoms with Crippen LogP contribution in [0.15, 0.2) is 18.2 Å². The molecule has 0 saturated heterocycles. The average molecular weight is 225 g/mol.